The Bertz CT molecular complexity index is 610. The number of rotatable bonds is 7. The smallest absolute Gasteiger partial charge is 0.262 e. The highest BCUT2D eigenvalue weighted by atomic mass is 32.2. The molecule has 6 nitrogen and oxygen atoms in total. The molecule has 22 heavy (non-hydrogen) atoms. The van der Waals surface area contributed by atoms with Gasteiger partial charge in [0.05, 0.1) is 11.5 Å². The standard InChI is InChI=1S/C15H22N2O4S/c1-13(18)14-6-5-7-15(12-14)22(19,20)16-21-11-10-17-8-3-2-4-9-17/h5-7,12,16H,2-4,8-11H2,1H3. The lowest BCUT2D eigenvalue weighted by atomic mass is 10.1. The number of ketones is 1. The molecular formula is C15H22N2O4S. The summed E-state index contributed by atoms with van der Waals surface area (Å²) in [6, 6.07) is 5.90. The van der Waals surface area contributed by atoms with E-state index >= 15 is 0 Å². The fraction of sp³-hybridized carbons (Fsp3) is 0.533. The Morgan fingerprint density at radius 3 is 2.68 bits per heavy atom. The second-order valence-electron chi connectivity index (χ2n) is 5.42. The number of sulfonamides is 1. The van der Waals surface area contributed by atoms with Crippen LogP contribution < -0.4 is 4.89 Å². The lowest BCUT2D eigenvalue weighted by Gasteiger charge is -2.25. The van der Waals surface area contributed by atoms with E-state index in [0.717, 1.165) is 13.1 Å². The first-order valence-electron chi connectivity index (χ1n) is 7.46. The topological polar surface area (TPSA) is 75.7 Å². The van der Waals surface area contributed by atoms with Crippen molar-refractivity contribution in [1.82, 2.24) is 9.79 Å². The lowest BCUT2D eigenvalue weighted by Crippen LogP contribution is -2.35. The Balaban J connectivity index is 1.85. The maximum Gasteiger partial charge on any atom is 0.262 e. The minimum atomic E-state index is -3.76. The quantitative estimate of drug-likeness (QED) is 0.468. The van der Waals surface area contributed by atoms with Gasteiger partial charge in [0, 0.05) is 12.1 Å². The SMILES string of the molecule is CC(=O)c1cccc(S(=O)(=O)NOCCN2CCCCC2)c1. The number of carbonyl (C=O) groups excluding carboxylic acids is 1. The monoisotopic (exact) mass is 326 g/mol. The molecule has 1 aliphatic heterocycles. The molecule has 0 spiro atoms. The maximum absolute atomic E-state index is 12.1. The molecule has 1 saturated heterocycles. The van der Waals surface area contributed by atoms with Gasteiger partial charge in [0.15, 0.2) is 5.78 Å². The van der Waals surface area contributed by atoms with Crippen molar-refractivity contribution in [2.24, 2.45) is 0 Å². The molecule has 1 heterocycles. The summed E-state index contributed by atoms with van der Waals surface area (Å²) in [4.78, 5) is 20.8. The molecule has 1 aromatic carbocycles. The van der Waals surface area contributed by atoms with Crippen LogP contribution in [0.2, 0.25) is 0 Å². The molecule has 1 aromatic rings. The Morgan fingerprint density at radius 2 is 2.00 bits per heavy atom. The van der Waals surface area contributed by atoms with Gasteiger partial charge in [-0.1, -0.05) is 23.4 Å². The third-order valence-corrected chi connectivity index (χ3v) is 4.89. The Labute approximate surface area is 131 Å². The predicted molar refractivity (Wildman–Crippen MR) is 83.0 cm³/mol. The first kappa shape index (κ1) is 17.1. The van der Waals surface area contributed by atoms with Crippen LogP contribution in [0.1, 0.15) is 36.5 Å². The minimum Gasteiger partial charge on any atom is -0.301 e. The van der Waals surface area contributed by atoms with Crippen molar-refractivity contribution >= 4 is 15.8 Å². The summed E-state index contributed by atoms with van der Waals surface area (Å²) in [6.45, 7) is 4.48. The minimum absolute atomic E-state index is 0.0261. The highest BCUT2D eigenvalue weighted by Crippen LogP contribution is 2.12. The molecule has 7 heteroatoms. The normalized spacial score (nSPS) is 16.6. The van der Waals surface area contributed by atoms with E-state index in [9.17, 15) is 13.2 Å². The Hall–Kier alpha value is -1.28. The van der Waals surface area contributed by atoms with Crippen molar-refractivity contribution in [3.63, 3.8) is 0 Å². The van der Waals surface area contributed by atoms with Crippen molar-refractivity contribution < 1.29 is 18.0 Å². The summed E-state index contributed by atoms with van der Waals surface area (Å²) >= 11 is 0. The van der Waals surface area contributed by atoms with Gasteiger partial charge < -0.3 is 4.90 Å². The van der Waals surface area contributed by atoms with E-state index in [1.54, 1.807) is 12.1 Å². The van der Waals surface area contributed by atoms with E-state index < -0.39 is 10.0 Å². The van der Waals surface area contributed by atoms with Gasteiger partial charge in [0.1, 0.15) is 0 Å². The lowest BCUT2D eigenvalue weighted by molar-refractivity contribution is 0.0656. The van der Waals surface area contributed by atoms with E-state index in [2.05, 4.69) is 9.79 Å². The third kappa shape index (κ3) is 4.88. The molecule has 0 atom stereocenters. The van der Waals surface area contributed by atoms with Gasteiger partial charge in [0.2, 0.25) is 0 Å². The zero-order valence-electron chi connectivity index (χ0n) is 12.7. The van der Waals surface area contributed by atoms with Crippen molar-refractivity contribution in [2.45, 2.75) is 31.1 Å². The second kappa shape index (κ2) is 7.82. The van der Waals surface area contributed by atoms with Crippen LogP contribution in [-0.2, 0) is 14.9 Å². The highest BCUT2D eigenvalue weighted by molar-refractivity contribution is 7.89. The maximum atomic E-state index is 12.1. The number of likely N-dealkylation sites (tertiary alicyclic amines) is 1. The van der Waals surface area contributed by atoms with Gasteiger partial charge in [-0.05, 0) is 45.0 Å². The van der Waals surface area contributed by atoms with Crippen LogP contribution in [0.4, 0.5) is 0 Å². The molecule has 122 valence electrons. The van der Waals surface area contributed by atoms with Gasteiger partial charge in [-0.3, -0.25) is 9.63 Å². The number of benzene rings is 1. The van der Waals surface area contributed by atoms with Crippen LogP contribution in [-0.4, -0.2) is 45.3 Å². The second-order valence-corrected chi connectivity index (χ2v) is 7.07. The summed E-state index contributed by atoms with van der Waals surface area (Å²) < 4.78 is 24.2. The number of piperidine rings is 1. The average molecular weight is 326 g/mol. The summed E-state index contributed by atoms with van der Waals surface area (Å²) in [6.07, 6.45) is 3.63. The molecule has 0 aromatic heterocycles. The van der Waals surface area contributed by atoms with Crippen LogP contribution in [0.25, 0.3) is 0 Å². The molecule has 0 aliphatic carbocycles. The van der Waals surface area contributed by atoms with Crippen LogP contribution >= 0.6 is 0 Å². The fourth-order valence-electron chi connectivity index (χ4n) is 2.41. The van der Waals surface area contributed by atoms with E-state index in [0.29, 0.717) is 18.7 Å². The Morgan fingerprint density at radius 1 is 1.27 bits per heavy atom. The predicted octanol–water partition coefficient (Wildman–Crippen LogP) is 1.58. The largest absolute Gasteiger partial charge is 0.301 e. The summed E-state index contributed by atoms with van der Waals surface area (Å²) in [7, 11) is -3.76. The van der Waals surface area contributed by atoms with Gasteiger partial charge in [-0.15, -0.1) is 0 Å². The molecule has 1 fully saturated rings. The van der Waals surface area contributed by atoms with E-state index in [-0.39, 0.29) is 10.7 Å². The summed E-state index contributed by atoms with van der Waals surface area (Å²) in [5.74, 6) is -0.178. The van der Waals surface area contributed by atoms with Crippen molar-refractivity contribution in [2.75, 3.05) is 26.2 Å². The molecule has 0 bridgehead atoms. The van der Waals surface area contributed by atoms with Gasteiger partial charge in [0.25, 0.3) is 10.0 Å². The zero-order valence-corrected chi connectivity index (χ0v) is 13.6. The third-order valence-electron chi connectivity index (χ3n) is 3.68. The van der Waals surface area contributed by atoms with Crippen LogP contribution in [0, 0.1) is 0 Å². The number of hydrogen-bond acceptors (Lipinski definition) is 5. The fourth-order valence-corrected chi connectivity index (χ4v) is 3.28. The number of nitrogens with one attached hydrogen (secondary N) is 1. The van der Waals surface area contributed by atoms with E-state index in [1.165, 1.54) is 38.3 Å². The number of hydrogen-bond donors (Lipinski definition) is 1. The molecule has 0 saturated carbocycles. The van der Waals surface area contributed by atoms with E-state index in [1.807, 2.05) is 0 Å². The number of carbonyl (C=O) groups is 1. The molecule has 0 radical (unpaired) electrons. The molecule has 1 aliphatic rings. The van der Waals surface area contributed by atoms with Gasteiger partial charge >= 0.3 is 0 Å². The number of Topliss-reactive ketones (excluding diaryl/α,β-unsaturated/α-hetero) is 1. The molecule has 1 N–H and O–H groups in total. The van der Waals surface area contributed by atoms with Crippen molar-refractivity contribution in [1.29, 1.82) is 0 Å². The number of nitrogens with zero attached hydrogens (tertiary/aromatic N) is 1. The van der Waals surface area contributed by atoms with Crippen molar-refractivity contribution in [3.05, 3.63) is 29.8 Å². The van der Waals surface area contributed by atoms with Crippen LogP contribution in [0.5, 0.6) is 0 Å². The van der Waals surface area contributed by atoms with Gasteiger partial charge in [-0.25, -0.2) is 8.42 Å². The van der Waals surface area contributed by atoms with Crippen LogP contribution in [0.3, 0.4) is 0 Å². The molecule has 2 rings (SSSR count). The molecular weight excluding hydrogens is 304 g/mol. The first-order chi connectivity index (χ1) is 10.5. The molecule has 0 amide bonds. The summed E-state index contributed by atoms with van der Waals surface area (Å²) in [5, 5.41) is 0. The first-order valence-corrected chi connectivity index (χ1v) is 8.94. The Kier molecular flexibility index (Phi) is 6.07. The highest BCUT2D eigenvalue weighted by Gasteiger charge is 2.16. The van der Waals surface area contributed by atoms with Gasteiger partial charge in [-0.2, -0.15) is 0 Å². The summed E-state index contributed by atoms with van der Waals surface area (Å²) in [5.41, 5.74) is 0.358. The van der Waals surface area contributed by atoms with Crippen molar-refractivity contribution in [3.8, 4) is 0 Å². The average Bonchev–Trinajstić information content (AvgIpc) is 2.53. The van der Waals surface area contributed by atoms with Crippen LogP contribution in [0.15, 0.2) is 29.2 Å². The zero-order chi connectivity index (χ0) is 16.0. The molecule has 0 unspecified atom stereocenters. The van der Waals surface area contributed by atoms with E-state index in [4.69, 9.17) is 4.84 Å².